The molecule has 0 saturated carbocycles. The summed E-state index contributed by atoms with van der Waals surface area (Å²) in [7, 11) is 1.36. The molecule has 0 bridgehead atoms. The minimum absolute atomic E-state index is 0.278. The number of halogens is 1. The Balaban J connectivity index is 1.68. The predicted octanol–water partition coefficient (Wildman–Crippen LogP) is 4.43. The van der Waals surface area contributed by atoms with E-state index in [2.05, 4.69) is 10.2 Å². The lowest BCUT2D eigenvalue weighted by molar-refractivity contribution is 0.0600. The number of benzene rings is 2. The Morgan fingerprint density at radius 2 is 2.06 bits per heavy atom. The number of carbonyl (C=O) groups is 1. The lowest BCUT2D eigenvalue weighted by atomic mass is 10.0. The Labute approximate surface area is 186 Å². The second kappa shape index (κ2) is 9.58. The molecule has 0 spiro atoms. The van der Waals surface area contributed by atoms with E-state index in [4.69, 9.17) is 30.5 Å². The zero-order chi connectivity index (χ0) is 21.8. The molecule has 1 aliphatic rings. The molecule has 0 amide bonds. The van der Waals surface area contributed by atoms with Crippen LogP contribution in [0.1, 0.15) is 35.7 Å². The number of oxazole rings is 1. The largest absolute Gasteiger partial charge is 0.492 e. The lowest BCUT2D eigenvalue weighted by Gasteiger charge is -2.33. The SMILES string of the molecule is CCOc1cc(CN(c2nc3ccc(C(=O)OC)cc3o2)C2CCNCC2)ccc1Cl. The van der Waals surface area contributed by atoms with Gasteiger partial charge in [-0.3, -0.25) is 0 Å². The second-order valence-corrected chi connectivity index (χ2v) is 7.88. The van der Waals surface area contributed by atoms with Crippen molar-refractivity contribution in [2.45, 2.75) is 32.4 Å². The highest BCUT2D eigenvalue weighted by molar-refractivity contribution is 6.32. The molecule has 1 fully saturated rings. The standard InChI is InChI=1S/C23H26ClN3O4/c1-3-30-20-12-15(4-6-18(20)24)14-27(17-8-10-25-11-9-17)23-26-19-7-5-16(22(28)29-2)13-21(19)31-23/h4-7,12-13,17,25H,3,8-11,14H2,1-2H3. The number of esters is 1. The molecule has 1 aliphatic heterocycles. The van der Waals surface area contributed by atoms with E-state index in [1.807, 2.05) is 25.1 Å². The minimum atomic E-state index is -0.403. The number of nitrogens with one attached hydrogen (secondary N) is 1. The summed E-state index contributed by atoms with van der Waals surface area (Å²) in [6, 6.07) is 11.8. The normalized spacial score (nSPS) is 14.5. The van der Waals surface area contributed by atoms with Crippen molar-refractivity contribution < 1.29 is 18.7 Å². The third-order valence-electron chi connectivity index (χ3n) is 5.44. The van der Waals surface area contributed by atoms with E-state index in [-0.39, 0.29) is 6.04 Å². The monoisotopic (exact) mass is 443 g/mol. The van der Waals surface area contributed by atoms with Crippen LogP contribution in [0.15, 0.2) is 40.8 Å². The van der Waals surface area contributed by atoms with Gasteiger partial charge in [0.15, 0.2) is 5.58 Å². The van der Waals surface area contributed by atoms with Crippen LogP contribution in [-0.2, 0) is 11.3 Å². The molecule has 31 heavy (non-hydrogen) atoms. The molecule has 4 rings (SSSR count). The summed E-state index contributed by atoms with van der Waals surface area (Å²) in [5, 5.41) is 4.00. The molecule has 164 valence electrons. The summed E-state index contributed by atoms with van der Waals surface area (Å²) in [5.74, 6) is 0.270. The van der Waals surface area contributed by atoms with Gasteiger partial charge in [0, 0.05) is 12.6 Å². The smallest absolute Gasteiger partial charge is 0.337 e. The first-order chi connectivity index (χ1) is 15.1. The van der Waals surface area contributed by atoms with Gasteiger partial charge in [0.1, 0.15) is 11.3 Å². The number of hydrogen-bond donors (Lipinski definition) is 1. The fourth-order valence-electron chi connectivity index (χ4n) is 3.86. The average Bonchev–Trinajstić information content (AvgIpc) is 3.22. The average molecular weight is 444 g/mol. The molecule has 1 N–H and O–H groups in total. The minimum Gasteiger partial charge on any atom is -0.492 e. The van der Waals surface area contributed by atoms with E-state index >= 15 is 0 Å². The van der Waals surface area contributed by atoms with Crippen molar-refractivity contribution in [3.8, 4) is 5.75 Å². The van der Waals surface area contributed by atoms with Crippen molar-refractivity contribution in [2.24, 2.45) is 0 Å². The molecule has 1 saturated heterocycles. The van der Waals surface area contributed by atoms with E-state index in [0.717, 1.165) is 31.5 Å². The summed E-state index contributed by atoms with van der Waals surface area (Å²) in [6.45, 7) is 4.98. The summed E-state index contributed by atoms with van der Waals surface area (Å²) < 4.78 is 16.6. The lowest BCUT2D eigenvalue weighted by Crippen LogP contribution is -2.43. The molecular formula is C23H26ClN3O4. The van der Waals surface area contributed by atoms with E-state index in [1.165, 1.54) is 7.11 Å². The summed E-state index contributed by atoms with van der Waals surface area (Å²) in [6.07, 6.45) is 1.97. The number of ether oxygens (including phenoxy) is 2. The molecule has 2 heterocycles. The van der Waals surface area contributed by atoms with E-state index in [0.29, 0.717) is 46.6 Å². The second-order valence-electron chi connectivity index (χ2n) is 7.48. The van der Waals surface area contributed by atoms with Gasteiger partial charge in [-0.1, -0.05) is 17.7 Å². The topological polar surface area (TPSA) is 76.8 Å². The molecule has 0 radical (unpaired) electrons. The van der Waals surface area contributed by atoms with Gasteiger partial charge in [-0.2, -0.15) is 4.98 Å². The number of rotatable bonds is 7. The Morgan fingerprint density at radius 1 is 1.26 bits per heavy atom. The van der Waals surface area contributed by atoms with Crippen molar-refractivity contribution in [3.63, 3.8) is 0 Å². The van der Waals surface area contributed by atoms with Gasteiger partial charge in [0.05, 0.1) is 24.3 Å². The molecule has 8 heteroatoms. The Morgan fingerprint density at radius 3 is 2.81 bits per heavy atom. The molecule has 2 aromatic carbocycles. The molecule has 1 aromatic heterocycles. The van der Waals surface area contributed by atoms with Gasteiger partial charge >= 0.3 is 5.97 Å². The summed E-state index contributed by atoms with van der Waals surface area (Å²) >= 11 is 6.27. The van der Waals surface area contributed by atoms with Crippen molar-refractivity contribution in [1.82, 2.24) is 10.3 Å². The van der Waals surface area contributed by atoms with Crippen LogP contribution in [-0.4, -0.2) is 43.8 Å². The molecule has 0 aliphatic carbocycles. The zero-order valence-electron chi connectivity index (χ0n) is 17.7. The van der Waals surface area contributed by atoms with Crippen molar-refractivity contribution in [2.75, 3.05) is 31.7 Å². The first-order valence-corrected chi connectivity index (χ1v) is 10.8. The van der Waals surface area contributed by atoms with Gasteiger partial charge in [0.2, 0.25) is 0 Å². The Hall–Kier alpha value is -2.77. The van der Waals surface area contributed by atoms with Gasteiger partial charge in [-0.25, -0.2) is 4.79 Å². The van der Waals surface area contributed by atoms with Gasteiger partial charge in [-0.05, 0) is 68.8 Å². The highest BCUT2D eigenvalue weighted by Crippen LogP contribution is 2.31. The van der Waals surface area contributed by atoms with Crippen LogP contribution in [0.2, 0.25) is 5.02 Å². The maximum absolute atomic E-state index is 11.9. The van der Waals surface area contributed by atoms with Crippen LogP contribution in [0.4, 0.5) is 6.01 Å². The third-order valence-corrected chi connectivity index (χ3v) is 5.75. The molecule has 0 atom stereocenters. The number of carbonyl (C=O) groups excluding carboxylic acids is 1. The van der Waals surface area contributed by atoms with E-state index in [9.17, 15) is 4.79 Å². The third kappa shape index (κ3) is 4.78. The van der Waals surface area contributed by atoms with E-state index < -0.39 is 5.97 Å². The quantitative estimate of drug-likeness (QED) is 0.541. The number of anilines is 1. The number of fused-ring (bicyclic) bond motifs is 1. The predicted molar refractivity (Wildman–Crippen MR) is 120 cm³/mol. The first-order valence-electron chi connectivity index (χ1n) is 10.5. The van der Waals surface area contributed by atoms with Crippen LogP contribution >= 0.6 is 11.6 Å². The highest BCUT2D eigenvalue weighted by atomic mass is 35.5. The summed E-state index contributed by atoms with van der Waals surface area (Å²) in [5.41, 5.74) is 2.75. The van der Waals surface area contributed by atoms with Crippen LogP contribution in [0.3, 0.4) is 0 Å². The Bertz CT molecular complexity index is 1060. The molecule has 7 nitrogen and oxygen atoms in total. The zero-order valence-corrected chi connectivity index (χ0v) is 18.4. The van der Waals surface area contributed by atoms with Gasteiger partial charge in [0.25, 0.3) is 6.01 Å². The number of aromatic nitrogens is 1. The van der Waals surface area contributed by atoms with Crippen LogP contribution in [0.25, 0.3) is 11.1 Å². The maximum Gasteiger partial charge on any atom is 0.337 e. The molecule has 3 aromatic rings. The van der Waals surface area contributed by atoms with E-state index in [1.54, 1.807) is 18.2 Å². The van der Waals surface area contributed by atoms with Crippen molar-refractivity contribution in [3.05, 3.63) is 52.5 Å². The van der Waals surface area contributed by atoms with Crippen LogP contribution in [0, 0.1) is 0 Å². The van der Waals surface area contributed by atoms with Crippen molar-refractivity contribution in [1.29, 1.82) is 0 Å². The molecular weight excluding hydrogens is 418 g/mol. The van der Waals surface area contributed by atoms with Gasteiger partial charge in [-0.15, -0.1) is 0 Å². The van der Waals surface area contributed by atoms with Gasteiger partial charge < -0.3 is 24.1 Å². The Kier molecular flexibility index (Phi) is 6.63. The van der Waals surface area contributed by atoms with Crippen LogP contribution in [0.5, 0.6) is 5.75 Å². The fourth-order valence-corrected chi connectivity index (χ4v) is 4.03. The molecule has 0 unspecified atom stereocenters. The van der Waals surface area contributed by atoms with Crippen molar-refractivity contribution >= 4 is 34.7 Å². The number of nitrogens with zero attached hydrogens (tertiary/aromatic N) is 2. The maximum atomic E-state index is 11.9. The number of piperidine rings is 1. The number of methoxy groups -OCH3 is 1. The first kappa shape index (κ1) is 21.5. The highest BCUT2D eigenvalue weighted by Gasteiger charge is 2.26. The van der Waals surface area contributed by atoms with Crippen LogP contribution < -0.4 is 15.0 Å². The summed E-state index contributed by atoms with van der Waals surface area (Å²) in [4.78, 5) is 18.8. The fraction of sp³-hybridized carbons (Fsp3) is 0.391. The number of hydrogen-bond acceptors (Lipinski definition) is 7.